The molecule has 2 heterocycles. The third-order valence-corrected chi connectivity index (χ3v) is 5.24. The van der Waals surface area contributed by atoms with E-state index in [9.17, 15) is 14.4 Å². The van der Waals surface area contributed by atoms with Gasteiger partial charge in [0.1, 0.15) is 23.7 Å². The lowest BCUT2D eigenvalue weighted by atomic mass is 9.69. The third kappa shape index (κ3) is 2.96. The number of ketones is 2. The van der Waals surface area contributed by atoms with Gasteiger partial charge >= 0.3 is 5.97 Å². The van der Waals surface area contributed by atoms with Gasteiger partial charge in [-0.2, -0.15) is 0 Å². The molecule has 3 atom stereocenters. The Morgan fingerprint density at radius 1 is 1.31 bits per heavy atom. The number of fused-ring (bicyclic) bond motifs is 2. The molecule has 1 saturated heterocycles. The molecule has 138 valence electrons. The highest BCUT2D eigenvalue weighted by Gasteiger charge is 2.61. The van der Waals surface area contributed by atoms with Gasteiger partial charge in [-0.05, 0) is 38.0 Å². The monoisotopic (exact) mass is 356 g/mol. The number of allylic oxidation sites excluding steroid dienone is 4. The maximum absolute atomic E-state index is 13.0. The SMILES string of the molecule is C/C=C/C1=CC2=C[C@@H]3[C@@H](C(=O)CCCCC)C(=O)O[C@@]3(C)C(=O)C2=CO1. The molecule has 0 saturated carbocycles. The van der Waals surface area contributed by atoms with Gasteiger partial charge in [-0.25, -0.2) is 0 Å². The third-order valence-electron chi connectivity index (χ3n) is 5.24. The van der Waals surface area contributed by atoms with Crippen molar-refractivity contribution in [3.8, 4) is 0 Å². The van der Waals surface area contributed by atoms with E-state index < -0.39 is 23.4 Å². The Labute approximate surface area is 153 Å². The van der Waals surface area contributed by atoms with Crippen LogP contribution < -0.4 is 0 Å². The van der Waals surface area contributed by atoms with Crippen molar-refractivity contribution in [1.82, 2.24) is 0 Å². The zero-order valence-electron chi connectivity index (χ0n) is 15.4. The number of unbranched alkanes of at least 4 members (excludes halogenated alkanes) is 2. The zero-order chi connectivity index (χ0) is 18.9. The number of Topliss-reactive ketones (excluding diaryl/α,β-unsaturated/α-hetero) is 2. The smallest absolute Gasteiger partial charge is 0.318 e. The summed E-state index contributed by atoms with van der Waals surface area (Å²) < 4.78 is 10.9. The molecule has 0 spiro atoms. The topological polar surface area (TPSA) is 69.7 Å². The Balaban J connectivity index is 1.95. The van der Waals surface area contributed by atoms with Gasteiger partial charge < -0.3 is 9.47 Å². The normalized spacial score (nSPS) is 30.0. The van der Waals surface area contributed by atoms with E-state index >= 15 is 0 Å². The largest absolute Gasteiger partial charge is 0.464 e. The molecule has 2 aliphatic heterocycles. The molecule has 1 fully saturated rings. The molecule has 0 bridgehead atoms. The second-order valence-corrected chi connectivity index (χ2v) is 7.10. The highest BCUT2D eigenvalue weighted by molar-refractivity contribution is 6.13. The number of ether oxygens (including phenoxy) is 2. The standard InChI is InChI=1S/C21H24O5/c1-4-6-7-9-17(22)18-16-11-13-10-14(8-5-2)25-12-15(13)19(23)21(16,3)26-20(18)24/h5,8,10-12,16,18H,4,6-7,9H2,1-3H3/b8-5+/t16-,18+,21-/m1/s1. The minimum atomic E-state index is -1.34. The molecule has 1 aliphatic carbocycles. The van der Waals surface area contributed by atoms with Crippen LogP contribution >= 0.6 is 0 Å². The average molecular weight is 356 g/mol. The lowest BCUT2D eigenvalue weighted by Crippen LogP contribution is -2.46. The Bertz CT molecular complexity index is 767. The fourth-order valence-corrected chi connectivity index (χ4v) is 3.79. The van der Waals surface area contributed by atoms with Crippen molar-refractivity contribution in [2.75, 3.05) is 0 Å². The summed E-state index contributed by atoms with van der Waals surface area (Å²) in [5, 5.41) is 0. The molecule has 26 heavy (non-hydrogen) atoms. The summed E-state index contributed by atoms with van der Waals surface area (Å²) >= 11 is 0. The van der Waals surface area contributed by atoms with E-state index in [4.69, 9.17) is 9.47 Å². The predicted molar refractivity (Wildman–Crippen MR) is 95.8 cm³/mol. The Kier molecular flexibility index (Phi) is 4.99. The first kappa shape index (κ1) is 18.4. The molecule has 0 radical (unpaired) electrons. The van der Waals surface area contributed by atoms with E-state index in [1.165, 1.54) is 6.26 Å². The predicted octanol–water partition coefficient (Wildman–Crippen LogP) is 3.57. The minimum Gasteiger partial charge on any atom is -0.464 e. The maximum Gasteiger partial charge on any atom is 0.318 e. The lowest BCUT2D eigenvalue weighted by Gasteiger charge is -2.34. The molecule has 5 nitrogen and oxygen atoms in total. The van der Waals surface area contributed by atoms with E-state index in [2.05, 4.69) is 6.92 Å². The average Bonchev–Trinajstić information content (AvgIpc) is 2.86. The molecule has 0 aromatic carbocycles. The second-order valence-electron chi connectivity index (χ2n) is 7.10. The summed E-state index contributed by atoms with van der Waals surface area (Å²) in [6, 6.07) is 0. The molecule has 3 rings (SSSR count). The number of carbonyl (C=O) groups excluding carboxylic acids is 3. The van der Waals surface area contributed by atoms with Gasteiger partial charge in [0, 0.05) is 12.3 Å². The first-order valence-electron chi connectivity index (χ1n) is 9.16. The van der Waals surface area contributed by atoms with Crippen LogP contribution in [-0.2, 0) is 23.9 Å². The number of hydrogen-bond donors (Lipinski definition) is 0. The van der Waals surface area contributed by atoms with Gasteiger partial charge in [0.05, 0.1) is 5.57 Å². The fraction of sp³-hybridized carbons (Fsp3) is 0.476. The summed E-state index contributed by atoms with van der Waals surface area (Å²) in [5.74, 6) is -1.93. The van der Waals surface area contributed by atoms with Crippen molar-refractivity contribution < 1.29 is 23.9 Å². The summed E-state index contributed by atoms with van der Waals surface area (Å²) in [4.78, 5) is 38.1. The van der Waals surface area contributed by atoms with Gasteiger partial charge in [-0.15, -0.1) is 0 Å². The summed E-state index contributed by atoms with van der Waals surface area (Å²) in [6.45, 7) is 5.52. The highest BCUT2D eigenvalue weighted by Crippen LogP contribution is 2.47. The Hall–Kier alpha value is -2.43. The van der Waals surface area contributed by atoms with Crippen molar-refractivity contribution >= 4 is 17.5 Å². The van der Waals surface area contributed by atoms with E-state index in [0.29, 0.717) is 23.3 Å². The molecule has 3 aliphatic rings. The Morgan fingerprint density at radius 3 is 2.77 bits per heavy atom. The number of carbonyl (C=O) groups is 3. The molecule has 0 N–H and O–H groups in total. The molecule has 0 amide bonds. The van der Waals surface area contributed by atoms with Crippen molar-refractivity contribution in [2.45, 2.75) is 52.1 Å². The van der Waals surface area contributed by atoms with Crippen LogP contribution in [0.2, 0.25) is 0 Å². The van der Waals surface area contributed by atoms with Crippen molar-refractivity contribution in [3.05, 3.63) is 47.5 Å². The van der Waals surface area contributed by atoms with Gasteiger partial charge in [0.15, 0.2) is 5.60 Å². The van der Waals surface area contributed by atoms with Gasteiger partial charge in [0.25, 0.3) is 0 Å². The lowest BCUT2D eigenvalue weighted by molar-refractivity contribution is -0.157. The van der Waals surface area contributed by atoms with E-state index in [1.54, 1.807) is 19.1 Å². The van der Waals surface area contributed by atoms with Crippen LogP contribution in [0, 0.1) is 11.8 Å². The zero-order valence-corrected chi connectivity index (χ0v) is 15.4. The quantitative estimate of drug-likeness (QED) is 0.413. The molecular formula is C21H24O5. The van der Waals surface area contributed by atoms with Crippen molar-refractivity contribution in [3.63, 3.8) is 0 Å². The first-order valence-corrected chi connectivity index (χ1v) is 9.16. The van der Waals surface area contributed by atoms with Crippen LogP contribution in [0.4, 0.5) is 0 Å². The van der Waals surface area contributed by atoms with E-state index in [1.807, 2.05) is 19.1 Å². The highest BCUT2D eigenvalue weighted by atomic mass is 16.6. The molecule has 0 unspecified atom stereocenters. The van der Waals surface area contributed by atoms with Crippen LogP contribution in [0.3, 0.4) is 0 Å². The van der Waals surface area contributed by atoms with E-state index in [0.717, 1.165) is 19.3 Å². The van der Waals surface area contributed by atoms with Crippen molar-refractivity contribution in [2.24, 2.45) is 11.8 Å². The van der Waals surface area contributed by atoms with E-state index in [-0.39, 0.29) is 11.6 Å². The summed E-state index contributed by atoms with van der Waals surface area (Å²) in [7, 11) is 0. The minimum absolute atomic E-state index is 0.140. The summed E-state index contributed by atoms with van der Waals surface area (Å²) in [6.07, 6.45) is 11.6. The first-order chi connectivity index (χ1) is 12.4. The van der Waals surface area contributed by atoms with Crippen molar-refractivity contribution in [1.29, 1.82) is 0 Å². The van der Waals surface area contributed by atoms with Crippen LogP contribution in [-0.4, -0.2) is 23.1 Å². The molecule has 5 heteroatoms. The fourth-order valence-electron chi connectivity index (χ4n) is 3.79. The number of rotatable bonds is 6. The number of esters is 1. The summed E-state index contributed by atoms with van der Waals surface area (Å²) in [5.41, 5.74) is -0.280. The van der Waals surface area contributed by atoms with Gasteiger partial charge in [-0.1, -0.05) is 31.9 Å². The van der Waals surface area contributed by atoms with Crippen LogP contribution in [0.1, 0.15) is 46.5 Å². The van der Waals surface area contributed by atoms with Gasteiger partial charge in [0.2, 0.25) is 5.78 Å². The van der Waals surface area contributed by atoms with Crippen LogP contribution in [0.5, 0.6) is 0 Å². The number of hydrogen-bond acceptors (Lipinski definition) is 5. The molecule has 0 aromatic rings. The maximum atomic E-state index is 13.0. The molecular weight excluding hydrogens is 332 g/mol. The van der Waals surface area contributed by atoms with Gasteiger partial charge in [-0.3, -0.25) is 14.4 Å². The van der Waals surface area contributed by atoms with Crippen LogP contribution in [0.15, 0.2) is 47.5 Å². The van der Waals surface area contributed by atoms with Crippen LogP contribution in [0.25, 0.3) is 0 Å². The molecule has 0 aromatic heterocycles. The second kappa shape index (κ2) is 7.06. The Morgan fingerprint density at radius 2 is 2.08 bits per heavy atom.